The van der Waals surface area contributed by atoms with Crippen molar-refractivity contribution < 1.29 is 4.79 Å². The van der Waals surface area contributed by atoms with Crippen LogP contribution in [-0.4, -0.2) is 23.4 Å². The normalized spacial score (nSPS) is 18.9. The Morgan fingerprint density at radius 1 is 1.37 bits per heavy atom. The van der Waals surface area contributed by atoms with Gasteiger partial charge in [0.1, 0.15) is 0 Å². The first-order valence-electron chi connectivity index (χ1n) is 7.07. The van der Waals surface area contributed by atoms with Gasteiger partial charge in [-0.15, -0.1) is 0 Å². The summed E-state index contributed by atoms with van der Waals surface area (Å²) in [5, 5.41) is 8.78. The fraction of sp³-hybridized carbons (Fsp3) is 0.500. The summed E-state index contributed by atoms with van der Waals surface area (Å²) in [6, 6.07) is 9.42. The number of piperidine rings is 1. The second-order valence-corrected chi connectivity index (χ2v) is 5.13. The van der Waals surface area contributed by atoms with Crippen molar-refractivity contribution in [3.8, 4) is 6.07 Å². The van der Waals surface area contributed by atoms with Gasteiger partial charge < -0.3 is 4.90 Å². The largest absolute Gasteiger partial charge is 0.336 e. The smallest absolute Gasteiger partial charge is 0.254 e. The Kier molecular flexibility index (Phi) is 4.57. The van der Waals surface area contributed by atoms with Crippen LogP contribution in [0.25, 0.3) is 0 Å². The van der Waals surface area contributed by atoms with Crippen LogP contribution in [-0.2, 0) is 0 Å². The third kappa shape index (κ3) is 3.14. The summed E-state index contributed by atoms with van der Waals surface area (Å²) in [6.07, 6.45) is 5.64. The standard InChI is InChI=1S/C16H20N2O/c1-2-5-15-6-3-4-11-18(15)16(19)14-9-7-13(12-17)8-10-14/h7-10,15H,2-6,11H2,1H3. The van der Waals surface area contributed by atoms with Crippen LogP contribution in [0.5, 0.6) is 0 Å². The monoisotopic (exact) mass is 256 g/mol. The van der Waals surface area contributed by atoms with Crippen LogP contribution in [0.2, 0.25) is 0 Å². The number of carbonyl (C=O) groups is 1. The lowest BCUT2D eigenvalue weighted by atomic mass is 9.97. The molecular formula is C16H20N2O. The van der Waals surface area contributed by atoms with Gasteiger partial charge in [-0.1, -0.05) is 13.3 Å². The fourth-order valence-corrected chi connectivity index (χ4v) is 2.75. The van der Waals surface area contributed by atoms with Crippen LogP contribution in [0.1, 0.15) is 54.9 Å². The number of rotatable bonds is 3. The summed E-state index contributed by atoms with van der Waals surface area (Å²) < 4.78 is 0. The number of benzene rings is 1. The highest BCUT2D eigenvalue weighted by molar-refractivity contribution is 5.94. The molecule has 0 spiro atoms. The molecule has 1 aromatic carbocycles. The van der Waals surface area contributed by atoms with Crippen molar-refractivity contribution in [2.75, 3.05) is 6.54 Å². The molecule has 3 heteroatoms. The molecule has 0 saturated carbocycles. The van der Waals surface area contributed by atoms with Crippen molar-refractivity contribution in [3.63, 3.8) is 0 Å². The molecule has 2 rings (SSSR count). The first-order valence-corrected chi connectivity index (χ1v) is 7.07. The molecule has 0 aliphatic carbocycles. The molecule has 1 unspecified atom stereocenters. The molecule has 0 N–H and O–H groups in total. The van der Waals surface area contributed by atoms with Gasteiger partial charge in [0.05, 0.1) is 11.6 Å². The van der Waals surface area contributed by atoms with Gasteiger partial charge in [0.15, 0.2) is 0 Å². The molecule has 1 saturated heterocycles. The van der Waals surface area contributed by atoms with Crippen LogP contribution < -0.4 is 0 Å². The van der Waals surface area contributed by atoms with Crippen molar-refractivity contribution in [2.24, 2.45) is 0 Å². The number of amides is 1. The zero-order chi connectivity index (χ0) is 13.7. The molecule has 1 aliphatic rings. The highest BCUT2D eigenvalue weighted by Crippen LogP contribution is 2.23. The van der Waals surface area contributed by atoms with E-state index in [4.69, 9.17) is 5.26 Å². The van der Waals surface area contributed by atoms with Crippen LogP contribution in [0.15, 0.2) is 24.3 Å². The molecule has 1 fully saturated rings. The number of nitrogens with zero attached hydrogens (tertiary/aromatic N) is 2. The Labute approximate surface area is 114 Å². The highest BCUT2D eigenvalue weighted by atomic mass is 16.2. The SMILES string of the molecule is CCCC1CCCCN1C(=O)c1ccc(C#N)cc1. The van der Waals surface area contributed by atoms with Gasteiger partial charge in [0, 0.05) is 18.2 Å². The second-order valence-electron chi connectivity index (χ2n) is 5.13. The van der Waals surface area contributed by atoms with Gasteiger partial charge >= 0.3 is 0 Å². The lowest BCUT2D eigenvalue weighted by Crippen LogP contribution is -2.43. The van der Waals surface area contributed by atoms with E-state index in [0.717, 1.165) is 32.2 Å². The Balaban J connectivity index is 2.14. The number of likely N-dealkylation sites (tertiary alicyclic amines) is 1. The van der Waals surface area contributed by atoms with E-state index in [-0.39, 0.29) is 5.91 Å². The third-order valence-electron chi connectivity index (χ3n) is 3.77. The van der Waals surface area contributed by atoms with E-state index in [9.17, 15) is 4.79 Å². The summed E-state index contributed by atoms with van der Waals surface area (Å²) in [6.45, 7) is 3.03. The van der Waals surface area contributed by atoms with E-state index in [0.29, 0.717) is 17.2 Å². The first kappa shape index (κ1) is 13.6. The van der Waals surface area contributed by atoms with Crippen molar-refractivity contribution in [1.29, 1.82) is 5.26 Å². The quantitative estimate of drug-likeness (QED) is 0.832. The molecule has 1 aromatic rings. The molecule has 3 nitrogen and oxygen atoms in total. The van der Waals surface area contributed by atoms with Crippen molar-refractivity contribution in [3.05, 3.63) is 35.4 Å². The van der Waals surface area contributed by atoms with Crippen LogP contribution in [0, 0.1) is 11.3 Å². The molecule has 1 amide bonds. The Morgan fingerprint density at radius 3 is 2.74 bits per heavy atom. The molecule has 0 radical (unpaired) electrons. The average Bonchev–Trinajstić information content (AvgIpc) is 2.47. The number of hydrogen-bond donors (Lipinski definition) is 0. The molecule has 1 heterocycles. The molecular weight excluding hydrogens is 236 g/mol. The predicted molar refractivity (Wildman–Crippen MR) is 74.7 cm³/mol. The summed E-state index contributed by atoms with van der Waals surface area (Å²) in [5.41, 5.74) is 1.29. The molecule has 0 bridgehead atoms. The van der Waals surface area contributed by atoms with E-state index in [2.05, 4.69) is 13.0 Å². The third-order valence-corrected chi connectivity index (χ3v) is 3.77. The number of nitriles is 1. The lowest BCUT2D eigenvalue weighted by molar-refractivity contribution is 0.0600. The van der Waals surface area contributed by atoms with Gasteiger partial charge in [-0.25, -0.2) is 0 Å². The maximum Gasteiger partial charge on any atom is 0.254 e. The maximum atomic E-state index is 12.5. The average molecular weight is 256 g/mol. The summed E-state index contributed by atoms with van der Waals surface area (Å²) >= 11 is 0. The predicted octanol–water partition coefficient (Wildman–Crippen LogP) is 3.35. The Bertz CT molecular complexity index is 471. The lowest BCUT2D eigenvalue weighted by Gasteiger charge is -2.35. The van der Waals surface area contributed by atoms with Gasteiger partial charge in [0.2, 0.25) is 0 Å². The minimum absolute atomic E-state index is 0.114. The molecule has 1 aliphatic heterocycles. The Morgan fingerprint density at radius 2 is 2.11 bits per heavy atom. The first-order chi connectivity index (χ1) is 9.26. The van der Waals surface area contributed by atoms with Gasteiger partial charge in [-0.05, 0) is 49.9 Å². The number of hydrogen-bond acceptors (Lipinski definition) is 2. The van der Waals surface area contributed by atoms with E-state index in [1.807, 2.05) is 4.90 Å². The van der Waals surface area contributed by atoms with Gasteiger partial charge in [-0.3, -0.25) is 4.79 Å². The van der Waals surface area contributed by atoms with Crippen LogP contribution in [0.3, 0.4) is 0 Å². The van der Waals surface area contributed by atoms with E-state index in [1.54, 1.807) is 24.3 Å². The van der Waals surface area contributed by atoms with E-state index >= 15 is 0 Å². The molecule has 0 aromatic heterocycles. The second kappa shape index (κ2) is 6.38. The molecule has 1 atom stereocenters. The zero-order valence-corrected chi connectivity index (χ0v) is 11.4. The van der Waals surface area contributed by atoms with E-state index < -0.39 is 0 Å². The summed E-state index contributed by atoms with van der Waals surface area (Å²) in [4.78, 5) is 14.5. The summed E-state index contributed by atoms with van der Waals surface area (Å²) in [7, 11) is 0. The van der Waals surface area contributed by atoms with Crippen molar-refractivity contribution >= 4 is 5.91 Å². The van der Waals surface area contributed by atoms with Gasteiger partial charge in [0.25, 0.3) is 5.91 Å². The van der Waals surface area contributed by atoms with Crippen LogP contribution in [0.4, 0.5) is 0 Å². The van der Waals surface area contributed by atoms with Gasteiger partial charge in [-0.2, -0.15) is 5.26 Å². The number of carbonyl (C=O) groups excluding carboxylic acids is 1. The zero-order valence-electron chi connectivity index (χ0n) is 11.4. The van der Waals surface area contributed by atoms with Crippen molar-refractivity contribution in [2.45, 2.75) is 45.1 Å². The Hall–Kier alpha value is -1.82. The molecule has 100 valence electrons. The highest BCUT2D eigenvalue weighted by Gasteiger charge is 2.26. The molecule has 19 heavy (non-hydrogen) atoms. The fourth-order valence-electron chi connectivity index (χ4n) is 2.75. The maximum absolute atomic E-state index is 12.5. The summed E-state index contributed by atoms with van der Waals surface area (Å²) in [5.74, 6) is 0.114. The van der Waals surface area contributed by atoms with Crippen molar-refractivity contribution in [1.82, 2.24) is 4.90 Å². The van der Waals surface area contributed by atoms with E-state index in [1.165, 1.54) is 6.42 Å². The minimum Gasteiger partial charge on any atom is -0.336 e. The minimum atomic E-state index is 0.114. The van der Waals surface area contributed by atoms with Crippen LogP contribution >= 0.6 is 0 Å². The topological polar surface area (TPSA) is 44.1 Å².